The zero-order valence-electron chi connectivity index (χ0n) is 12.5. The van der Waals surface area contributed by atoms with Crippen LogP contribution in [-0.4, -0.2) is 48.3 Å². The molecule has 0 aromatic carbocycles. The molecule has 0 aromatic rings. The van der Waals surface area contributed by atoms with Gasteiger partial charge in [0.15, 0.2) is 0 Å². The molecule has 1 saturated carbocycles. The lowest BCUT2D eigenvalue weighted by molar-refractivity contribution is 0.130. The molecule has 1 unspecified atom stereocenters. The van der Waals surface area contributed by atoms with Gasteiger partial charge in [-0.3, -0.25) is 0 Å². The highest BCUT2D eigenvalue weighted by molar-refractivity contribution is 4.84. The number of hydrogen-bond acceptors (Lipinski definition) is 3. The average molecular weight is 256 g/mol. The van der Waals surface area contributed by atoms with E-state index in [0.29, 0.717) is 0 Å². The molecular formula is C15H32N2O. The molecule has 1 rings (SSSR count). The Labute approximate surface area is 113 Å². The molecule has 0 spiro atoms. The smallest absolute Gasteiger partial charge is 0.0611 e. The lowest BCUT2D eigenvalue weighted by atomic mass is 9.85. The van der Waals surface area contributed by atoms with Gasteiger partial charge in [-0.1, -0.05) is 20.3 Å². The summed E-state index contributed by atoms with van der Waals surface area (Å²) in [6.07, 6.45) is 6.41. The summed E-state index contributed by atoms with van der Waals surface area (Å²) < 4.78 is 0. The number of rotatable bonds is 10. The Morgan fingerprint density at radius 1 is 1.33 bits per heavy atom. The highest BCUT2D eigenvalue weighted by Crippen LogP contribution is 2.27. The quantitative estimate of drug-likeness (QED) is 0.629. The Kier molecular flexibility index (Phi) is 7.20. The summed E-state index contributed by atoms with van der Waals surface area (Å²) >= 11 is 0. The summed E-state index contributed by atoms with van der Waals surface area (Å²) in [5, 5.41) is 13.0. The number of hydrogen-bond donors (Lipinski definition) is 2. The minimum atomic E-state index is -0.108. The van der Waals surface area contributed by atoms with Gasteiger partial charge in [-0.15, -0.1) is 0 Å². The van der Waals surface area contributed by atoms with Crippen LogP contribution < -0.4 is 5.32 Å². The summed E-state index contributed by atoms with van der Waals surface area (Å²) in [6.45, 7) is 11.3. The fourth-order valence-corrected chi connectivity index (χ4v) is 2.47. The highest BCUT2D eigenvalue weighted by Gasteiger charge is 2.24. The lowest BCUT2D eigenvalue weighted by Gasteiger charge is -2.35. The minimum Gasteiger partial charge on any atom is -0.394 e. The first-order chi connectivity index (χ1) is 8.63. The van der Waals surface area contributed by atoms with Gasteiger partial charge >= 0.3 is 0 Å². The first-order valence-electron chi connectivity index (χ1n) is 7.71. The van der Waals surface area contributed by atoms with Crippen LogP contribution in [0.1, 0.15) is 52.9 Å². The van der Waals surface area contributed by atoms with Crippen molar-refractivity contribution in [2.45, 2.75) is 58.4 Å². The molecule has 0 aliphatic heterocycles. The van der Waals surface area contributed by atoms with Gasteiger partial charge in [0.2, 0.25) is 0 Å². The van der Waals surface area contributed by atoms with Crippen molar-refractivity contribution in [2.75, 3.05) is 32.8 Å². The second kappa shape index (κ2) is 8.13. The van der Waals surface area contributed by atoms with Crippen molar-refractivity contribution >= 4 is 0 Å². The summed E-state index contributed by atoms with van der Waals surface area (Å²) in [6, 6.07) is 0. The average Bonchev–Trinajstić information content (AvgIpc) is 2.34. The molecule has 1 aliphatic rings. The van der Waals surface area contributed by atoms with E-state index in [4.69, 9.17) is 0 Å². The molecule has 3 nitrogen and oxygen atoms in total. The van der Waals surface area contributed by atoms with E-state index in [-0.39, 0.29) is 12.1 Å². The molecule has 3 heteroatoms. The normalized spacial score (nSPS) is 19.8. The molecule has 1 atom stereocenters. The van der Waals surface area contributed by atoms with E-state index >= 15 is 0 Å². The predicted octanol–water partition coefficient (Wildman–Crippen LogP) is 2.25. The van der Waals surface area contributed by atoms with Crippen LogP contribution in [0.25, 0.3) is 0 Å². The highest BCUT2D eigenvalue weighted by atomic mass is 16.3. The van der Waals surface area contributed by atoms with Crippen molar-refractivity contribution in [3.8, 4) is 0 Å². The standard InChI is InChI=1S/C15H32N2O/c1-4-10-16-15(3,13-18)9-11-17(5-2)12-14-7-6-8-14/h14,16,18H,4-13H2,1-3H3. The third-order valence-electron chi connectivity index (χ3n) is 4.32. The number of nitrogens with zero attached hydrogens (tertiary/aromatic N) is 1. The maximum Gasteiger partial charge on any atom is 0.0611 e. The van der Waals surface area contributed by atoms with Crippen LogP contribution in [0.3, 0.4) is 0 Å². The van der Waals surface area contributed by atoms with Gasteiger partial charge in [-0.25, -0.2) is 0 Å². The third kappa shape index (κ3) is 5.25. The van der Waals surface area contributed by atoms with E-state index in [0.717, 1.165) is 38.4 Å². The van der Waals surface area contributed by atoms with Gasteiger partial charge in [0.05, 0.1) is 6.61 Å². The summed E-state index contributed by atoms with van der Waals surface area (Å²) in [7, 11) is 0. The number of aliphatic hydroxyl groups excluding tert-OH is 1. The third-order valence-corrected chi connectivity index (χ3v) is 4.32. The second-order valence-electron chi connectivity index (χ2n) is 6.09. The van der Waals surface area contributed by atoms with Crippen LogP contribution in [0.15, 0.2) is 0 Å². The maximum atomic E-state index is 9.56. The minimum absolute atomic E-state index is 0.108. The van der Waals surface area contributed by atoms with E-state index in [2.05, 4.69) is 31.0 Å². The van der Waals surface area contributed by atoms with Gasteiger partial charge in [-0.2, -0.15) is 0 Å². The Morgan fingerprint density at radius 2 is 2.06 bits per heavy atom. The van der Waals surface area contributed by atoms with E-state index < -0.39 is 0 Å². The molecule has 0 aromatic heterocycles. The van der Waals surface area contributed by atoms with Crippen molar-refractivity contribution in [3.63, 3.8) is 0 Å². The molecule has 0 amide bonds. The van der Waals surface area contributed by atoms with Crippen LogP contribution in [0, 0.1) is 5.92 Å². The second-order valence-corrected chi connectivity index (χ2v) is 6.09. The van der Waals surface area contributed by atoms with Gasteiger partial charge in [0, 0.05) is 12.1 Å². The van der Waals surface area contributed by atoms with Crippen LogP contribution in [0.2, 0.25) is 0 Å². The fraction of sp³-hybridized carbons (Fsp3) is 1.00. The van der Waals surface area contributed by atoms with Crippen LogP contribution in [-0.2, 0) is 0 Å². The molecule has 2 N–H and O–H groups in total. The SMILES string of the molecule is CCCNC(C)(CO)CCN(CC)CC1CCC1. The first kappa shape index (κ1) is 15.9. The van der Waals surface area contributed by atoms with Crippen molar-refractivity contribution in [1.29, 1.82) is 0 Å². The fourth-order valence-electron chi connectivity index (χ4n) is 2.47. The molecule has 18 heavy (non-hydrogen) atoms. The number of aliphatic hydroxyl groups is 1. The van der Waals surface area contributed by atoms with Crippen molar-refractivity contribution < 1.29 is 5.11 Å². The van der Waals surface area contributed by atoms with E-state index in [1.54, 1.807) is 0 Å². The zero-order chi connectivity index (χ0) is 13.4. The van der Waals surface area contributed by atoms with Gasteiger partial charge in [0.1, 0.15) is 0 Å². The predicted molar refractivity (Wildman–Crippen MR) is 77.9 cm³/mol. The van der Waals surface area contributed by atoms with Crippen LogP contribution >= 0.6 is 0 Å². The Hall–Kier alpha value is -0.120. The van der Waals surface area contributed by atoms with Gasteiger partial charge in [-0.05, 0) is 58.2 Å². The Morgan fingerprint density at radius 3 is 2.50 bits per heavy atom. The molecule has 108 valence electrons. The van der Waals surface area contributed by atoms with Crippen LogP contribution in [0.4, 0.5) is 0 Å². The molecular weight excluding hydrogens is 224 g/mol. The zero-order valence-corrected chi connectivity index (χ0v) is 12.5. The monoisotopic (exact) mass is 256 g/mol. The molecule has 0 heterocycles. The molecule has 0 saturated heterocycles. The van der Waals surface area contributed by atoms with Gasteiger partial charge in [0.25, 0.3) is 0 Å². The Bertz CT molecular complexity index is 219. The molecule has 1 fully saturated rings. The lowest BCUT2D eigenvalue weighted by Crippen LogP contribution is -2.48. The van der Waals surface area contributed by atoms with Crippen molar-refractivity contribution in [2.24, 2.45) is 5.92 Å². The van der Waals surface area contributed by atoms with E-state index in [1.165, 1.54) is 25.8 Å². The molecule has 0 radical (unpaired) electrons. The number of nitrogens with one attached hydrogen (secondary N) is 1. The van der Waals surface area contributed by atoms with E-state index in [1.807, 2.05) is 0 Å². The van der Waals surface area contributed by atoms with Crippen molar-refractivity contribution in [1.82, 2.24) is 10.2 Å². The summed E-state index contributed by atoms with van der Waals surface area (Å²) in [5.74, 6) is 0.939. The van der Waals surface area contributed by atoms with Crippen LogP contribution in [0.5, 0.6) is 0 Å². The summed E-state index contributed by atoms with van der Waals surface area (Å²) in [5.41, 5.74) is -0.108. The molecule has 0 bridgehead atoms. The van der Waals surface area contributed by atoms with E-state index in [9.17, 15) is 5.11 Å². The Balaban J connectivity index is 2.29. The largest absolute Gasteiger partial charge is 0.394 e. The first-order valence-corrected chi connectivity index (χ1v) is 7.71. The van der Waals surface area contributed by atoms with Crippen molar-refractivity contribution in [3.05, 3.63) is 0 Å². The summed E-state index contributed by atoms with van der Waals surface area (Å²) in [4.78, 5) is 2.55. The molecule has 1 aliphatic carbocycles. The maximum absolute atomic E-state index is 9.56. The van der Waals surface area contributed by atoms with Gasteiger partial charge < -0.3 is 15.3 Å². The topological polar surface area (TPSA) is 35.5 Å².